The van der Waals surface area contributed by atoms with E-state index in [-0.39, 0.29) is 59.1 Å². The summed E-state index contributed by atoms with van der Waals surface area (Å²) >= 11 is 0. The summed E-state index contributed by atoms with van der Waals surface area (Å²) in [5.74, 6) is 0. The van der Waals surface area contributed by atoms with Gasteiger partial charge in [0.15, 0.2) is 0 Å². The minimum atomic E-state index is -4.45. The van der Waals surface area contributed by atoms with Crippen LogP contribution in [0.3, 0.4) is 0 Å². The molecule has 0 fully saturated rings. The van der Waals surface area contributed by atoms with Crippen molar-refractivity contribution in [3.05, 3.63) is 30.1 Å². The molecule has 60 valence electrons. The van der Waals surface area contributed by atoms with Gasteiger partial charge in [0.25, 0.3) is 0 Å². The van der Waals surface area contributed by atoms with Gasteiger partial charge in [-0.3, -0.25) is 4.98 Å². The minimum Gasteiger partial charge on any atom is -0.810 e. The third-order valence-electron chi connectivity index (χ3n) is 1.08. The van der Waals surface area contributed by atoms with Crippen LogP contribution in [0.25, 0.3) is 0 Å². The Kier molecular flexibility index (Phi) is 9.74. The molecule has 0 N–H and O–H groups in total. The van der Waals surface area contributed by atoms with E-state index in [1.54, 1.807) is 12.1 Å². The average molecular weight is 217 g/mol. The Morgan fingerprint density at radius 3 is 2.31 bits per heavy atom. The molecule has 1 aromatic rings. The van der Waals surface area contributed by atoms with Crippen molar-refractivity contribution in [3.63, 3.8) is 0 Å². The zero-order valence-corrected chi connectivity index (χ0v) is 12.5. The SMILES string of the molecule is O=P([O-])([O-])Cc1ccccn1.[Na+].[Na+]. The van der Waals surface area contributed by atoms with Gasteiger partial charge >= 0.3 is 59.1 Å². The molecule has 0 radical (unpaired) electrons. The largest absolute Gasteiger partial charge is 1.00 e. The van der Waals surface area contributed by atoms with E-state index in [1.165, 1.54) is 12.3 Å². The molecule has 1 heterocycles. The van der Waals surface area contributed by atoms with Gasteiger partial charge in [-0.1, -0.05) is 13.7 Å². The fourth-order valence-corrected chi connectivity index (χ4v) is 1.27. The van der Waals surface area contributed by atoms with Gasteiger partial charge in [0.1, 0.15) is 0 Å². The Bertz CT molecular complexity index is 276. The topological polar surface area (TPSA) is 76.1 Å². The monoisotopic (exact) mass is 217 g/mol. The van der Waals surface area contributed by atoms with E-state index in [0.717, 1.165) is 0 Å². The van der Waals surface area contributed by atoms with Gasteiger partial charge in [-0.2, -0.15) is 0 Å². The van der Waals surface area contributed by atoms with Gasteiger partial charge in [0, 0.05) is 18.1 Å². The second-order valence-electron chi connectivity index (χ2n) is 2.09. The molecule has 4 nitrogen and oxygen atoms in total. The summed E-state index contributed by atoms with van der Waals surface area (Å²) in [6, 6.07) is 4.80. The van der Waals surface area contributed by atoms with E-state index in [1.807, 2.05) is 0 Å². The Hall–Kier alpha value is 1.30. The van der Waals surface area contributed by atoms with Crippen molar-refractivity contribution in [1.29, 1.82) is 0 Å². The number of aromatic nitrogens is 1. The van der Waals surface area contributed by atoms with Crippen molar-refractivity contribution in [2.45, 2.75) is 6.16 Å². The van der Waals surface area contributed by atoms with E-state index in [9.17, 15) is 14.4 Å². The summed E-state index contributed by atoms with van der Waals surface area (Å²) in [5, 5.41) is 0. The van der Waals surface area contributed by atoms with Crippen molar-refractivity contribution in [1.82, 2.24) is 4.98 Å². The Morgan fingerprint density at radius 1 is 1.31 bits per heavy atom. The number of hydrogen-bond donors (Lipinski definition) is 0. The number of pyridine rings is 1. The second kappa shape index (κ2) is 7.57. The molecule has 13 heavy (non-hydrogen) atoms. The van der Waals surface area contributed by atoms with Crippen LogP contribution in [0.15, 0.2) is 24.4 Å². The molecule has 1 rings (SSSR count). The first kappa shape index (κ1) is 16.7. The Labute approximate surface area is 121 Å². The molecule has 0 saturated heterocycles. The normalized spacial score (nSPS) is 9.69. The van der Waals surface area contributed by atoms with Crippen molar-refractivity contribution in [3.8, 4) is 0 Å². The predicted octanol–water partition coefficient (Wildman–Crippen LogP) is -6.50. The Morgan fingerprint density at radius 2 is 1.92 bits per heavy atom. The summed E-state index contributed by atoms with van der Waals surface area (Å²) in [6.07, 6.45) is 0.943. The van der Waals surface area contributed by atoms with Crippen LogP contribution in [0.4, 0.5) is 0 Å². The maximum absolute atomic E-state index is 10.2. The van der Waals surface area contributed by atoms with Gasteiger partial charge in [0.2, 0.25) is 0 Å². The third-order valence-corrected chi connectivity index (χ3v) is 1.79. The van der Waals surface area contributed by atoms with E-state index in [2.05, 4.69) is 4.98 Å². The van der Waals surface area contributed by atoms with Gasteiger partial charge in [0.05, 0.1) is 0 Å². The van der Waals surface area contributed by atoms with E-state index in [4.69, 9.17) is 0 Å². The van der Waals surface area contributed by atoms with E-state index < -0.39 is 13.8 Å². The zero-order valence-electron chi connectivity index (χ0n) is 7.64. The van der Waals surface area contributed by atoms with Crippen molar-refractivity contribution >= 4 is 7.60 Å². The summed E-state index contributed by atoms with van der Waals surface area (Å²) in [7, 11) is -4.45. The maximum atomic E-state index is 10.2. The molecule has 0 aliphatic carbocycles. The quantitative estimate of drug-likeness (QED) is 0.364. The van der Waals surface area contributed by atoms with Gasteiger partial charge in [-0.05, 0) is 12.1 Å². The van der Waals surface area contributed by atoms with Gasteiger partial charge < -0.3 is 14.4 Å². The molecular weight excluding hydrogens is 211 g/mol. The smallest absolute Gasteiger partial charge is 0.810 e. The van der Waals surface area contributed by atoms with Crippen LogP contribution in [-0.4, -0.2) is 4.98 Å². The predicted molar refractivity (Wildman–Crippen MR) is 35.5 cm³/mol. The standard InChI is InChI=1S/C6H8NO3P.2Na/c8-11(9,10)5-6-3-1-2-4-7-6;;/h1-4H,5H2,(H2,8,9,10);;/q;2*+1/p-2. The molecular formula is C6H6NNa2O3P. The molecule has 0 aromatic carbocycles. The summed E-state index contributed by atoms with van der Waals surface area (Å²) in [6.45, 7) is 0. The fourth-order valence-electron chi connectivity index (χ4n) is 0.690. The van der Waals surface area contributed by atoms with Crippen LogP contribution in [0, 0.1) is 0 Å². The van der Waals surface area contributed by atoms with Crippen LogP contribution < -0.4 is 68.9 Å². The second-order valence-corrected chi connectivity index (χ2v) is 3.63. The summed E-state index contributed by atoms with van der Waals surface area (Å²) in [4.78, 5) is 24.2. The van der Waals surface area contributed by atoms with Crippen LogP contribution in [0.5, 0.6) is 0 Å². The summed E-state index contributed by atoms with van der Waals surface area (Å²) in [5.41, 5.74) is 0.292. The number of hydrogen-bond acceptors (Lipinski definition) is 4. The van der Waals surface area contributed by atoms with Gasteiger partial charge in [-0.15, -0.1) is 0 Å². The van der Waals surface area contributed by atoms with Crippen molar-refractivity contribution in [2.75, 3.05) is 0 Å². The van der Waals surface area contributed by atoms with E-state index >= 15 is 0 Å². The van der Waals surface area contributed by atoms with Crippen molar-refractivity contribution in [2.24, 2.45) is 0 Å². The molecule has 0 spiro atoms. The molecule has 0 bridgehead atoms. The number of nitrogens with zero attached hydrogens (tertiary/aromatic N) is 1. The van der Waals surface area contributed by atoms with Crippen LogP contribution in [-0.2, 0) is 10.7 Å². The zero-order chi connectivity index (χ0) is 8.32. The van der Waals surface area contributed by atoms with Crippen LogP contribution in [0.2, 0.25) is 0 Å². The molecule has 0 saturated carbocycles. The van der Waals surface area contributed by atoms with Gasteiger partial charge in [-0.25, -0.2) is 0 Å². The van der Waals surface area contributed by atoms with Crippen LogP contribution >= 0.6 is 7.60 Å². The first-order valence-electron chi connectivity index (χ1n) is 2.99. The first-order chi connectivity index (χ1) is 5.08. The fraction of sp³-hybridized carbons (Fsp3) is 0.167. The number of rotatable bonds is 2. The first-order valence-corrected chi connectivity index (χ1v) is 4.72. The molecule has 7 heteroatoms. The molecule has 0 aliphatic rings. The maximum Gasteiger partial charge on any atom is 1.00 e. The minimum absolute atomic E-state index is 0. The van der Waals surface area contributed by atoms with E-state index in [0.29, 0.717) is 5.69 Å². The molecule has 0 atom stereocenters. The van der Waals surface area contributed by atoms with Crippen molar-refractivity contribution < 1.29 is 73.5 Å². The average Bonchev–Trinajstić information content (AvgIpc) is 1.85. The Balaban J connectivity index is 0. The molecule has 0 aliphatic heterocycles. The molecule has 0 unspecified atom stereocenters. The van der Waals surface area contributed by atoms with Crippen LogP contribution in [0.1, 0.15) is 5.69 Å². The third kappa shape index (κ3) is 8.30. The molecule has 0 amide bonds. The molecule has 1 aromatic heterocycles. The summed E-state index contributed by atoms with van der Waals surface area (Å²) < 4.78 is 10.2.